The van der Waals surface area contributed by atoms with Crippen molar-refractivity contribution in [2.75, 3.05) is 6.54 Å². The van der Waals surface area contributed by atoms with Crippen LogP contribution in [0.15, 0.2) is 4.52 Å². The van der Waals surface area contributed by atoms with Gasteiger partial charge in [-0.15, -0.1) is 0 Å². The van der Waals surface area contributed by atoms with E-state index < -0.39 is 12.0 Å². The van der Waals surface area contributed by atoms with Crippen LogP contribution in [0.2, 0.25) is 0 Å². The van der Waals surface area contributed by atoms with Gasteiger partial charge in [-0.25, -0.2) is 0 Å². The van der Waals surface area contributed by atoms with Crippen LogP contribution in [-0.2, 0) is 11.3 Å². The van der Waals surface area contributed by atoms with Crippen LogP contribution in [0, 0.1) is 0 Å². The van der Waals surface area contributed by atoms with Crippen LogP contribution in [0.5, 0.6) is 0 Å². The molecule has 0 amide bonds. The van der Waals surface area contributed by atoms with Crippen molar-refractivity contribution in [3.8, 4) is 0 Å². The summed E-state index contributed by atoms with van der Waals surface area (Å²) in [6.07, 6.45) is 2.69. The van der Waals surface area contributed by atoms with Crippen molar-refractivity contribution < 1.29 is 14.4 Å². The lowest BCUT2D eigenvalue weighted by Crippen LogP contribution is -2.44. The zero-order valence-electron chi connectivity index (χ0n) is 10.8. The van der Waals surface area contributed by atoms with Crippen LogP contribution in [0.4, 0.5) is 0 Å². The highest BCUT2D eigenvalue weighted by Gasteiger charge is 2.29. The minimum Gasteiger partial charge on any atom is -0.480 e. The van der Waals surface area contributed by atoms with E-state index in [2.05, 4.69) is 10.1 Å². The zero-order valence-corrected chi connectivity index (χ0v) is 10.8. The standard InChI is InChI=1S/C12H19N3O3/c1-8(2)11-13-10(14-18-11)7-15-6-4-3-5-9(15)12(16)17/h8-9H,3-7H2,1-2H3,(H,16,17). The Bertz CT molecular complexity index is 416. The first-order valence-electron chi connectivity index (χ1n) is 6.37. The van der Waals surface area contributed by atoms with Gasteiger partial charge in [-0.2, -0.15) is 4.98 Å². The predicted molar refractivity (Wildman–Crippen MR) is 64.1 cm³/mol. The minimum absolute atomic E-state index is 0.197. The van der Waals surface area contributed by atoms with E-state index >= 15 is 0 Å². The molecule has 2 rings (SSSR count). The maximum atomic E-state index is 11.2. The van der Waals surface area contributed by atoms with Crippen LogP contribution in [0.3, 0.4) is 0 Å². The monoisotopic (exact) mass is 253 g/mol. The highest BCUT2D eigenvalue weighted by atomic mass is 16.5. The largest absolute Gasteiger partial charge is 0.480 e. The molecule has 0 radical (unpaired) electrons. The normalized spacial score (nSPS) is 21.4. The Morgan fingerprint density at radius 3 is 2.94 bits per heavy atom. The first kappa shape index (κ1) is 13.0. The first-order chi connectivity index (χ1) is 8.58. The van der Waals surface area contributed by atoms with Gasteiger partial charge in [0.2, 0.25) is 5.89 Å². The number of likely N-dealkylation sites (tertiary alicyclic amines) is 1. The second kappa shape index (κ2) is 5.48. The number of hydrogen-bond donors (Lipinski definition) is 1. The lowest BCUT2D eigenvalue weighted by Gasteiger charge is -2.31. The Hall–Kier alpha value is -1.43. The molecular weight excluding hydrogens is 234 g/mol. The van der Waals surface area contributed by atoms with Crippen molar-refractivity contribution in [1.29, 1.82) is 0 Å². The zero-order chi connectivity index (χ0) is 13.1. The van der Waals surface area contributed by atoms with E-state index in [9.17, 15) is 9.90 Å². The Morgan fingerprint density at radius 2 is 2.33 bits per heavy atom. The molecule has 1 N–H and O–H groups in total. The lowest BCUT2D eigenvalue weighted by molar-refractivity contribution is -0.144. The molecule has 1 aliphatic rings. The van der Waals surface area contributed by atoms with Gasteiger partial charge in [-0.1, -0.05) is 25.4 Å². The fourth-order valence-electron chi connectivity index (χ4n) is 2.21. The molecule has 1 unspecified atom stereocenters. The lowest BCUT2D eigenvalue weighted by atomic mass is 10.0. The molecule has 1 atom stereocenters. The number of rotatable bonds is 4. The molecule has 100 valence electrons. The summed E-state index contributed by atoms with van der Waals surface area (Å²) in [6.45, 7) is 5.20. The second-order valence-corrected chi connectivity index (χ2v) is 5.02. The van der Waals surface area contributed by atoms with Crippen LogP contribution >= 0.6 is 0 Å². The van der Waals surface area contributed by atoms with E-state index in [-0.39, 0.29) is 5.92 Å². The quantitative estimate of drug-likeness (QED) is 0.878. The summed E-state index contributed by atoms with van der Waals surface area (Å²) in [7, 11) is 0. The number of carbonyl (C=O) groups is 1. The van der Waals surface area contributed by atoms with Gasteiger partial charge in [0, 0.05) is 5.92 Å². The molecule has 0 aromatic carbocycles. The maximum Gasteiger partial charge on any atom is 0.320 e. The molecule has 1 fully saturated rings. The fourth-order valence-corrected chi connectivity index (χ4v) is 2.21. The van der Waals surface area contributed by atoms with Gasteiger partial charge in [-0.05, 0) is 19.4 Å². The Kier molecular flexibility index (Phi) is 3.96. The van der Waals surface area contributed by atoms with E-state index in [1.807, 2.05) is 18.7 Å². The highest BCUT2D eigenvalue weighted by molar-refractivity contribution is 5.73. The molecule has 1 aromatic heterocycles. The molecule has 1 aliphatic heterocycles. The van der Waals surface area contributed by atoms with Crippen molar-refractivity contribution in [1.82, 2.24) is 15.0 Å². The molecule has 1 aromatic rings. The molecule has 18 heavy (non-hydrogen) atoms. The van der Waals surface area contributed by atoms with Crippen molar-refractivity contribution in [3.63, 3.8) is 0 Å². The van der Waals surface area contributed by atoms with E-state index in [0.717, 1.165) is 19.4 Å². The van der Waals surface area contributed by atoms with Gasteiger partial charge in [0.1, 0.15) is 6.04 Å². The van der Waals surface area contributed by atoms with Gasteiger partial charge in [0.25, 0.3) is 0 Å². The predicted octanol–water partition coefficient (Wildman–Crippen LogP) is 1.63. The Labute approximate surface area is 106 Å². The van der Waals surface area contributed by atoms with Gasteiger partial charge < -0.3 is 9.63 Å². The number of nitrogens with zero attached hydrogens (tertiary/aromatic N) is 3. The van der Waals surface area contributed by atoms with Gasteiger partial charge in [0.05, 0.1) is 6.54 Å². The smallest absolute Gasteiger partial charge is 0.320 e. The van der Waals surface area contributed by atoms with Crippen LogP contribution in [-0.4, -0.2) is 38.7 Å². The van der Waals surface area contributed by atoms with Gasteiger partial charge in [-0.3, -0.25) is 9.69 Å². The number of carboxylic acids is 1. The third kappa shape index (κ3) is 2.87. The summed E-state index contributed by atoms with van der Waals surface area (Å²) in [5.41, 5.74) is 0. The van der Waals surface area contributed by atoms with Crippen LogP contribution < -0.4 is 0 Å². The maximum absolute atomic E-state index is 11.2. The van der Waals surface area contributed by atoms with E-state index in [1.165, 1.54) is 0 Å². The number of hydrogen-bond acceptors (Lipinski definition) is 5. The van der Waals surface area contributed by atoms with Gasteiger partial charge >= 0.3 is 5.97 Å². The number of piperidine rings is 1. The average Bonchev–Trinajstić information content (AvgIpc) is 2.78. The fraction of sp³-hybridized carbons (Fsp3) is 0.750. The van der Waals surface area contributed by atoms with Crippen molar-refractivity contribution in [2.45, 2.75) is 51.6 Å². The summed E-state index contributed by atoms with van der Waals surface area (Å²) in [5.74, 6) is 0.617. The number of aliphatic carboxylic acids is 1. The highest BCUT2D eigenvalue weighted by Crippen LogP contribution is 2.19. The summed E-state index contributed by atoms with van der Waals surface area (Å²) in [4.78, 5) is 17.4. The Balaban J connectivity index is 2.03. The van der Waals surface area contributed by atoms with Crippen molar-refractivity contribution >= 4 is 5.97 Å². The molecule has 0 aliphatic carbocycles. The molecule has 0 bridgehead atoms. The summed E-state index contributed by atoms with van der Waals surface area (Å²) < 4.78 is 5.13. The van der Waals surface area contributed by atoms with Gasteiger partial charge in [0.15, 0.2) is 5.82 Å². The third-order valence-corrected chi connectivity index (χ3v) is 3.22. The molecule has 6 nitrogen and oxygen atoms in total. The van der Waals surface area contributed by atoms with Crippen molar-refractivity contribution in [2.24, 2.45) is 0 Å². The number of aromatic nitrogens is 2. The second-order valence-electron chi connectivity index (χ2n) is 5.02. The van der Waals surface area contributed by atoms with Crippen LogP contribution in [0.25, 0.3) is 0 Å². The SMILES string of the molecule is CC(C)c1nc(CN2CCCCC2C(=O)O)no1. The van der Waals surface area contributed by atoms with Crippen molar-refractivity contribution in [3.05, 3.63) is 11.7 Å². The molecule has 0 saturated carbocycles. The summed E-state index contributed by atoms with van der Waals surface area (Å²) in [6, 6.07) is -0.417. The summed E-state index contributed by atoms with van der Waals surface area (Å²) in [5, 5.41) is 13.1. The first-order valence-corrected chi connectivity index (χ1v) is 6.37. The third-order valence-electron chi connectivity index (χ3n) is 3.22. The summed E-state index contributed by atoms with van der Waals surface area (Å²) >= 11 is 0. The minimum atomic E-state index is -0.762. The van der Waals surface area contributed by atoms with E-state index in [0.29, 0.717) is 24.7 Å². The molecule has 2 heterocycles. The molecule has 1 saturated heterocycles. The topological polar surface area (TPSA) is 79.5 Å². The molecular formula is C12H19N3O3. The Morgan fingerprint density at radius 1 is 1.56 bits per heavy atom. The van der Waals surface area contributed by atoms with E-state index in [4.69, 9.17) is 4.52 Å². The van der Waals surface area contributed by atoms with E-state index in [1.54, 1.807) is 0 Å². The average molecular weight is 253 g/mol. The number of carboxylic acid groups (broad SMARTS) is 1. The van der Waals surface area contributed by atoms with Crippen LogP contribution in [0.1, 0.15) is 50.7 Å². The molecule has 6 heteroatoms. The molecule has 0 spiro atoms.